The van der Waals surface area contributed by atoms with Crippen molar-refractivity contribution in [2.75, 3.05) is 30.3 Å². The standard InChI is InChI=1S/C27H26F8N6O3/c1-25(2,3)44-24(42)41-13-4-5-14(41)10-40(9-13)22-16-8-37-20(15-6-12(36)7-17(28)18(15)27(33,34)35)19(29)21(16)38-23(39-22)43-11-26(30,31)32/h6-8,13-14H,4-5,9-11,36H2,1-3H3. The van der Waals surface area contributed by atoms with Crippen LogP contribution in [0.2, 0.25) is 0 Å². The molecular formula is C27H26F8N6O3. The highest BCUT2D eigenvalue weighted by molar-refractivity contribution is 5.92. The summed E-state index contributed by atoms with van der Waals surface area (Å²) in [4.78, 5) is 27.7. The van der Waals surface area contributed by atoms with Crippen LogP contribution in [0, 0.1) is 11.6 Å². The lowest BCUT2D eigenvalue weighted by molar-refractivity contribution is -0.154. The van der Waals surface area contributed by atoms with Crippen LogP contribution in [-0.2, 0) is 10.9 Å². The average Bonchev–Trinajstić information content (AvgIpc) is 3.14. The van der Waals surface area contributed by atoms with Crippen molar-refractivity contribution in [3.8, 4) is 17.3 Å². The summed E-state index contributed by atoms with van der Waals surface area (Å²) in [6.45, 7) is 3.53. The number of fused-ring (bicyclic) bond motifs is 3. The predicted molar refractivity (Wildman–Crippen MR) is 141 cm³/mol. The largest absolute Gasteiger partial charge is 0.454 e. The van der Waals surface area contributed by atoms with E-state index >= 15 is 4.39 Å². The number of hydrogen-bond donors (Lipinski definition) is 1. The molecular weight excluding hydrogens is 608 g/mol. The van der Waals surface area contributed by atoms with Crippen LogP contribution in [0.4, 0.5) is 51.4 Å². The molecule has 0 saturated carbocycles. The van der Waals surface area contributed by atoms with Gasteiger partial charge in [-0.1, -0.05) is 0 Å². The molecule has 1 aromatic carbocycles. The molecule has 2 atom stereocenters. The number of piperazine rings is 1. The van der Waals surface area contributed by atoms with E-state index in [1.54, 1.807) is 30.6 Å². The Morgan fingerprint density at radius 1 is 1.02 bits per heavy atom. The number of ether oxygens (including phenoxy) is 2. The smallest absolute Gasteiger partial charge is 0.422 e. The number of anilines is 2. The molecule has 2 aliphatic heterocycles. The summed E-state index contributed by atoms with van der Waals surface area (Å²) in [5, 5.41) is -0.159. The summed E-state index contributed by atoms with van der Waals surface area (Å²) in [5.74, 6) is -3.38. The molecule has 2 N–H and O–H groups in total. The normalized spacial score (nSPS) is 19.1. The number of pyridine rings is 1. The first-order valence-electron chi connectivity index (χ1n) is 13.3. The highest BCUT2D eigenvalue weighted by atomic mass is 19.4. The number of hydrogen-bond acceptors (Lipinski definition) is 8. The Morgan fingerprint density at radius 3 is 2.23 bits per heavy atom. The van der Waals surface area contributed by atoms with Gasteiger partial charge in [-0.25, -0.2) is 13.6 Å². The molecule has 2 unspecified atom stereocenters. The maximum absolute atomic E-state index is 16.0. The quantitative estimate of drug-likeness (QED) is 0.271. The zero-order valence-corrected chi connectivity index (χ0v) is 23.5. The van der Waals surface area contributed by atoms with Crippen molar-refractivity contribution in [3.63, 3.8) is 0 Å². The Bertz CT molecular complexity index is 1590. The molecule has 2 fully saturated rings. The fraction of sp³-hybridized carbons (Fsp3) is 0.481. The molecule has 5 rings (SSSR count). The van der Waals surface area contributed by atoms with Crippen molar-refractivity contribution in [3.05, 3.63) is 35.5 Å². The number of carbonyl (C=O) groups excluding carboxylic acids is 1. The van der Waals surface area contributed by atoms with Gasteiger partial charge in [0.25, 0.3) is 0 Å². The summed E-state index contributed by atoms with van der Waals surface area (Å²) in [5.41, 5.74) is -0.247. The molecule has 4 heterocycles. The molecule has 2 saturated heterocycles. The molecule has 9 nitrogen and oxygen atoms in total. The van der Waals surface area contributed by atoms with E-state index in [9.17, 15) is 35.5 Å². The van der Waals surface area contributed by atoms with Crippen LogP contribution in [0.15, 0.2) is 18.3 Å². The summed E-state index contributed by atoms with van der Waals surface area (Å²) in [7, 11) is 0. The first kappa shape index (κ1) is 31.3. The Labute approximate surface area is 244 Å². The third-order valence-corrected chi connectivity index (χ3v) is 7.05. The SMILES string of the molecule is CC(C)(C)OC(=O)N1C2CCC1CN(c1nc(OCC(F)(F)F)nc3c(F)c(-c4cc(N)cc(F)c4C(F)(F)F)ncc13)C2. The monoisotopic (exact) mass is 634 g/mol. The van der Waals surface area contributed by atoms with Crippen molar-refractivity contribution in [2.45, 2.75) is 63.7 Å². The molecule has 238 valence electrons. The first-order valence-corrected chi connectivity index (χ1v) is 13.3. The lowest BCUT2D eigenvalue weighted by Gasteiger charge is -2.42. The van der Waals surface area contributed by atoms with Crippen LogP contribution in [-0.4, -0.2) is 69.5 Å². The predicted octanol–water partition coefficient (Wildman–Crippen LogP) is 6.10. The van der Waals surface area contributed by atoms with Crippen LogP contribution >= 0.6 is 0 Å². The number of halogens is 8. The van der Waals surface area contributed by atoms with E-state index in [1.165, 1.54) is 0 Å². The van der Waals surface area contributed by atoms with Crippen LogP contribution < -0.4 is 15.4 Å². The maximum Gasteiger partial charge on any atom is 0.422 e. The fourth-order valence-corrected chi connectivity index (χ4v) is 5.45. The number of rotatable bonds is 4. The van der Waals surface area contributed by atoms with Gasteiger partial charge in [0.1, 0.15) is 34.0 Å². The van der Waals surface area contributed by atoms with Gasteiger partial charge in [-0.2, -0.15) is 36.3 Å². The minimum atomic E-state index is -5.28. The van der Waals surface area contributed by atoms with E-state index in [0.29, 0.717) is 25.0 Å². The highest BCUT2D eigenvalue weighted by Gasteiger charge is 2.45. The summed E-state index contributed by atoms with van der Waals surface area (Å²) >= 11 is 0. The summed E-state index contributed by atoms with van der Waals surface area (Å²) in [6.07, 6.45) is -8.56. The second kappa shape index (κ2) is 10.8. The van der Waals surface area contributed by atoms with Gasteiger partial charge in [-0.15, -0.1) is 0 Å². The minimum absolute atomic E-state index is 0.110. The van der Waals surface area contributed by atoms with Gasteiger partial charge in [0.2, 0.25) is 0 Å². The number of carbonyl (C=O) groups is 1. The lowest BCUT2D eigenvalue weighted by Crippen LogP contribution is -2.57. The van der Waals surface area contributed by atoms with Crippen molar-refractivity contribution in [1.82, 2.24) is 19.9 Å². The molecule has 17 heteroatoms. The van der Waals surface area contributed by atoms with Crippen molar-refractivity contribution >= 4 is 28.5 Å². The lowest BCUT2D eigenvalue weighted by atomic mass is 10.0. The molecule has 2 aromatic heterocycles. The molecule has 1 amide bonds. The van der Waals surface area contributed by atoms with Crippen molar-refractivity contribution < 1.29 is 49.4 Å². The van der Waals surface area contributed by atoms with E-state index in [1.807, 2.05) is 0 Å². The van der Waals surface area contributed by atoms with Crippen molar-refractivity contribution in [2.24, 2.45) is 0 Å². The van der Waals surface area contributed by atoms with E-state index in [-0.39, 0.29) is 24.3 Å². The number of alkyl halides is 6. The van der Waals surface area contributed by atoms with Crippen LogP contribution in [0.25, 0.3) is 22.2 Å². The maximum atomic E-state index is 16.0. The van der Waals surface area contributed by atoms with Crippen LogP contribution in [0.3, 0.4) is 0 Å². The number of nitrogens with zero attached hydrogens (tertiary/aromatic N) is 5. The Balaban J connectivity index is 1.61. The fourth-order valence-electron chi connectivity index (χ4n) is 5.45. The number of aromatic nitrogens is 3. The third kappa shape index (κ3) is 6.22. The van der Waals surface area contributed by atoms with E-state index in [0.717, 1.165) is 6.20 Å². The average molecular weight is 635 g/mol. The van der Waals surface area contributed by atoms with Gasteiger partial charge in [0, 0.05) is 30.5 Å². The van der Waals surface area contributed by atoms with Crippen LogP contribution in [0.5, 0.6) is 6.01 Å². The van der Waals surface area contributed by atoms with Crippen molar-refractivity contribution in [1.29, 1.82) is 0 Å². The second-order valence-electron chi connectivity index (χ2n) is 11.5. The van der Waals surface area contributed by atoms with Gasteiger partial charge >= 0.3 is 24.5 Å². The molecule has 3 aromatic rings. The summed E-state index contributed by atoms with van der Waals surface area (Å²) in [6, 6.07) is -0.595. The Hall–Kier alpha value is -4.18. The van der Waals surface area contributed by atoms with Gasteiger partial charge in [-0.05, 0) is 45.7 Å². The topological polar surface area (TPSA) is 107 Å². The van der Waals surface area contributed by atoms with E-state index in [4.69, 9.17) is 15.2 Å². The number of nitrogens with two attached hydrogens (primary N) is 1. The molecule has 0 radical (unpaired) electrons. The third-order valence-electron chi connectivity index (χ3n) is 7.05. The van der Waals surface area contributed by atoms with E-state index < -0.39 is 88.4 Å². The molecule has 0 aliphatic carbocycles. The number of nitrogen functional groups attached to an aromatic ring is 1. The molecule has 0 spiro atoms. The number of amides is 1. The first-order chi connectivity index (χ1) is 20.3. The summed E-state index contributed by atoms with van der Waals surface area (Å²) < 4.78 is 121. The Kier molecular flexibility index (Phi) is 7.65. The highest BCUT2D eigenvalue weighted by Crippen LogP contribution is 2.42. The number of benzene rings is 1. The Morgan fingerprint density at radius 2 is 1.66 bits per heavy atom. The minimum Gasteiger partial charge on any atom is -0.454 e. The zero-order valence-electron chi connectivity index (χ0n) is 23.5. The van der Waals surface area contributed by atoms with E-state index in [2.05, 4.69) is 15.0 Å². The molecule has 2 bridgehead atoms. The molecule has 44 heavy (non-hydrogen) atoms. The van der Waals surface area contributed by atoms with Gasteiger partial charge < -0.3 is 20.1 Å². The second-order valence-corrected chi connectivity index (χ2v) is 11.5. The van der Waals surface area contributed by atoms with Gasteiger partial charge in [0.15, 0.2) is 12.4 Å². The van der Waals surface area contributed by atoms with Gasteiger partial charge in [0.05, 0.1) is 17.5 Å². The van der Waals surface area contributed by atoms with Crippen LogP contribution in [0.1, 0.15) is 39.2 Å². The zero-order chi connectivity index (χ0) is 32.4. The van der Waals surface area contributed by atoms with Gasteiger partial charge in [-0.3, -0.25) is 9.88 Å². The molecule has 2 aliphatic rings.